The molecule has 16 heavy (non-hydrogen) atoms. The first-order chi connectivity index (χ1) is 7.67. The fourth-order valence-electron chi connectivity index (χ4n) is 1.13. The fourth-order valence-corrected chi connectivity index (χ4v) is 1.91. The van der Waals surface area contributed by atoms with Crippen molar-refractivity contribution in [1.82, 2.24) is 0 Å². The smallest absolute Gasteiger partial charge is 0.347 e. The Morgan fingerprint density at radius 3 is 2.56 bits per heavy atom. The molecule has 0 saturated heterocycles. The van der Waals surface area contributed by atoms with E-state index in [0.717, 1.165) is 3.57 Å². The first-order valence-electron chi connectivity index (χ1n) is 4.73. The second-order valence-electron chi connectivity index (χ2n) is 3.06. The van der Waals surface area contributed by atoms with Crippen LogP contribution in [0.15, 0.2) is 24.3 Å². The van der Waals surface area contributed by atoms with E-state index < -0.39 is 6.10 Å². The number of halogens is 2. The summed E-state index contributed by atoms with van der Waals surface area (Å²) in [6.45, 7) is 0. The van der Waals surface area contributed by atoms with E-state index in [0.29, 0.717) is 17.5 Å². The SMILES string of the molecule is COC(=O)C(CCBr)Oc1ccc(I)cc1. The molecule has 0 bridgehead atoms. The molecule has 0 aliphatic heterocycles. The second-order valence-corrected chi connectivity index (χ2v) is 5.10. The zero-order chi connectivity index (χ0) is 12.0. The van der Waals surface area contributed by atoms with E-state index in [9.17, 15) is 4.79 Å². The predicted octanol–water partition coefficient (Wildman–Crippen LogP) is 3.00. The minimum Gasteiger partial charge on any atom is -0.479 e. The maximum absolute atomic E-state index is 11.4. The van der Waals surface area contributed by atoms with Gasteiger partial charge < -0.3 is 9.47 Å². The third kappa shape index (κ3) is 4.29. The molecule has 1 aromatic rings. The number of alkyl halides is 1. The van der Waals surface area contributed by atoms with E-state index in [2.05, 4.69) is 43.3 Å². The minimum absolute atomic E-state index is 0.349. The molecule has 0 heterocycles. The average molecular weight is 399 g/mol. The summed E-state index contributed by atoms with van der Waals surface area (Å²) in [5.74, 6) is 0.328. The zero-order valence-corrected chi connectivity index (χ0v) is 12.5. The van der Waals surface area contributed by atoms with Crippen molar-refractivity contribution in [1.29, 1.82) is 0 Å². The second kappa shape index (κ2) is 7.11. The zero-order valence-electron chi connectivity index (χ0n) is 8.78. The van der Waals surface area contributed by atoms with Gasteiger partial charge in [0, 0.05) is 15.3 Å². The van der Waals surface area contributed by atoms with Crippen molar-refractivity contribution < 1.29 is 14.3 Å². The molecule has 5 heteroatoms. The van der Waals surface area contributed by atoms with Crippen LogP contribution in [0.3, 0.4) is 0 Å². The summed E-state index contributed by atoms with van der Waals surface area (Å²) in [4.78, 5) is 11.4. The molecular formula is C11H12BrIO3. The Hall–Kier alpha value is -0.300. The van der Waals surface area contributed by atoms with Gasteiger partial charge in [-0.05, 0) is 46.9 Å². The van der Waals surface area contributed by atoms with Crippen molar-refractivity contribution in [3.05, 3.63) is 27.8 Å². The lowest BCUT2D eigenvalue weighted by molar-refractivity contribution is -0.148. The Morgan fingerprint density at radius 2 is 2.06 bits per heavy atom. The average Bonchev–Trinajstić information content (AvgIpc) is 2.30. The minimum atomic E-state index is -0.551. The van der Waals surface area contributed by atoms with Gasteiger partial charge in [-0.2, -0.15) is 0 Å². The lowest BCUT2D eigenvalue weighted by atomic mass is 10.2. The summed E-state index contributed by atoms with van der Waals surface area (Å²) in [5.41, 5.74) is 0. The van der Waals surface area contributed by atoms with Gasteiger partial charge in [0.2, 0.25) is 0 Å². The Balaban J connectivity index is 2.67. The highest BCUT2D eigenvalue weighted by Crippen LogP contribution is 2.17. The fraction of sp³-hybridized carbons (Fsp3) is 0.364. The molecule has 1 atom stereocenters. The van der Waals surface area contributed by atoms with E-state index in [4.69, 9.17) is 4.74 Å². The van der Waals surface area contributed by atoms with Gasteiger partial charge >= 0.3 is 5.97 Å². The molecule has 0 fully saturated rings. The molecule has 0 saturated carbocycles. The quantitative estimate of drug-likeness (QED) is 0.434. The third-order valence-electron chi connectivity index (χ3n) is 1.93. The van der Waals surface area contributed by atoms with Crippen molar-refractivity contribution in [2.45, 2.75) is 12.5 Å². The maximum atomic E-state index is 11.4. The van der Waals surface area contributed by atoms with Crippen LogP contribution < -0.4 is 4.74 Å². The molecule has 1 unspecified atom stereocenters. The number of ether oxygens (including phenoxy) is 2. The van der Waals surface area contributed by atoms with Gasteiger partial charge in [0.25, 0.3) is 0 Å². The van der Waals surface area contributed by atoms with Gasteiger partial charge in [-0.1, -0.05) is 15.9 Å². The van der Waals surface area contributed by atoms with Gasteiger partial charge in [0.05, 0.1) is 7.11 Å². The van der Waals surface area contributed by atoms with E-state index in [1.807, 2.05) is 24.3 Å². The van der Waals surface area contributed by atoms with Crippen LogP contribution in [0.2, 0.25) is 0 Å². The first-order valence-corrected chi connectivity index (χ1v) is 6.93. The van der Waals surface area contributed by atoms with Crippen LogP contribution in [-0.4, -0.2) is 24.5 Å². The predicted molar refractivity (Wildman–Crippen MR) is 74.0 cm³/mol. The van der Waals surface area contributed by atoms with E-state index in [-0.39, 0.29) is 5.97 Å². The van der Waals surface area contributed by atoms with Crippen LogP contribution in [-0.2, 0) is 9.53 Å². The van der Waals surface area contributed by atoms with Crippen molar-refractivity contribution in [3.63, 3.8) is 0 Å². The van der Waals surface area contributed by atoms with Crippen LogP contribution in [0, 0.1) is 3.57 Å². The first kappa shape index (κ1) is 13.8. The number of rotatable bonds is 5. The highest BCUT2D eigenvalue weighted by molar-refractivity contribution is 14.1. The monoisotopic (exact) mass is 398 g/mol. The Kier molecular flexibility index (Phi) is 6.12. The van der Waals surface area contributed by atoms with Gasteiger partial charge in [-0.3, -0.25) is 0 Å². The molecule has 0 N–H and O–H groups in total. The van der Waals surface area contributed by atoms with Crippen LogP contribution >= 0.6 is 38.5 Å². The van der Waals surface area contributed by atoms with Gasteiger partial charge in [0.15, 0.2) is 6.10 Å². The Morgan fingerprint density at radius 1 is 1.44 bits per heavy atom. The highest BCUT2D eigenvalue weighted by Gasteiger charge is 2.20. The summed E-state index contributed by atoms with van der Waals surface area (Å²) < 4.78 is 11.4. The topological polar surface area (TPSA) is 35.5 Å². The number of hydrogen-bond donors (Lipinski definition) is 0. The Bertz CT molecular complexity index is 340. The standard InChI is InChI=1S/C11H12BrIO3/c1-15-11(14)10(6-7-12)16-9-4-2-8(13)3-5-9/h2-5,10H,6-7H2,1H3. The third-order valence-corrected chi connectivity index (χ3v) is 3.10. The van der Waals surface area contributed by atoms with Crippen molar-refractivity contribution in [2.75, 3.05) is 12.4 Å². The van der Waals surface area contributed by atoms with Crippen LogP contribution in [0.4, 0.5) is 0 Å². The molecule has 3 nitrogen and oxygen atoms in total. The number of carbonyl (C=O) groups excluding carboxylic acids is 1. The maximum Gasteiger partial charge on any atom is 0.347 e. The van der Waals surface area contributed by atoms with Crippen LogP contribution in [0.1, 0.15) is 6.42 Å². The molecule has 0 spiro atoms. The molecule has 1 rings (SSSR count). The lowest BCUT2D eigenvalue weighted by Crippen LogP contribution is -2.29. The van der Waals surface area contributed by atoms with Gasteiger partial charge in [-0.25, -0.2) is 4.79 Å². The molecule has 0 amide bonds. The van der Waals surface area contributed by atoms with E-state index in [1.54, 1.807) is 0 Å². The van der Waals surface area contributed by atoms with Crippen LogP contribution in [0.5, 0.6) is 5.75 Å². The van der Waals surface area contributed by atoms with Crippen molar-refractivity contribution in [3.8, 4) is 5.75 Å². The van der Waals surface area contributed by atoms with Gasteiger partial charge in [-0.15, -0.1) is 0 Å². The molecule has 88 valence electrons. The summed E-state index contributed by atoms with van der Waals surface area (Å²) in [6, 6.07) is 7.54. The lowest BCUT2D eigenvalue weighted by Gasteiger charge is -2.15. The highest BCUT2D eigenvalue weighted by atomic mass is 127. The number of methoxy groups -OCH3 is 1. The molecule has 0 aromatic heterocycles. The number of benzene rings is 1. The van der Waals surface area contributed by atoms with E-state index >= 15 is 0 Å². The summed E-state index contributed by atoms with van der Waals surface area (Å²) >= 11 is 5.50. The van der Waals surface area contributed by atoms with Crippen molar-refractivity contribution in [2.24, 2.45) is 0 Å². The molecule has 0 radical (unpaired) electrons. The normalized spacial score (nSPS) is 11.9. The summed E-state index contributed by atoms with van der Waals surface area (Å²) in [5, 5.41) is 0.692. The largest absolute Gasteiger partial charge is 0.479 e. The van der Waals surface area contributed by atoms with E-state index in [1.165, 1.54) is 7.11 Å². The number of carbonyl (C=O) groups is 1. The molecule has 1 aromatic carbocycles. The van der Waals surface area contributed by atoms with Crippen molar-refractivity contribution >= 4 is 44.5 Å². The van der Waals surface area contributed by atoms with Crippen LogP contribution in [0.25, 0.3) is 0 Å². The van der Waals surface area contributed by atoms with Gasteiger partial charge in [0.1, 0.15) is 5.75 Å². The summed E-state index contributed by atoms with van der Waals surface area (Å²) in [6.07, 6.45) is 0.0306. The molecule has 0 aliphatic rings. The molecule has 0 aliphatic carbocycles. The number of esters is 1. The number of hydrogen-bond acceptors (Lipinski definition) is 3. The Labute approximate surface area is 117 Å². The summed E-state index contributed by atoms with van der Waals surface area (Å²) in [7, 11) is 1.36. The molecular weight excluding hydrogens is 387 g/mol.